The predicted molar refractivity (Wildman–Crippen MR) is 95.3 cm³/mol. The third-order valence-electron chi connectivity index (χ3n) is 4.90. The van der Waals surface area contributed by atoms with Gasteiger partial charge in [-0.3, -0.25) is 4.40 Å². The summed E-state index contributed by atoms with van der Waals surface area (Å²) in [5, 5.41) is 19.5. The zero-order valence-electron chi connectivity index (χ0n) is 15.0. The maximum Gasteiger partial charge on any atom is 0.417 e. The molecule has 8 nitrogen and oxygen atoms in total. The minimum atomic E-state index is -4.51. The number of aliphatic hydroxyl groups is 1. The summed E-state index contributed by atoms with van der Waals surface area (Å²) in [7, 11) is 0. The molecule has 0 saturated carbocycles. The Kier molecular flexibility index (Phi) is 4.41. The van der Waals surface area contributed by atoms with Crippen LogP contribution in [0.1, 0.15) is 18.4 Å². The molecule has 0 radical (unpaired) electrons. The molecule has 0 spiro atoms. The molecular formula is C18H16F3N5O3. The second-order valence-corrected chi connectivity index (χ2v) is 6.89. The van der Waals surface area contributed by atoms with Crippen LogP contribution in [0.3, 0.4) is 0 Å². The first kappa shape index (κ1) is 19.1. The molecule has 1 saturated heterocycles. The molecule has 0 aliphatic carbocycles. The molecule has 11 heteroatoms. The van der Waals surface area contributed by atoms with E-state index in [0.29, 0.717) is 24.4 Å². The Balaban J connectivity index is 1.72. The van der Waals surface area contributed by atoms with Crippen molar-refractivity contribution in [1.82, 2.24) is 19.4 Å². The number of nitrogens with zero attached hydrogens (tertiary/aromatic N) is 5. The average molecular weight is 407 g/mol. The summed E-state index contributed by atoms with van der Waals surface area (Å²) in [6.07, 6.45) is -0.195. The van der Waals surface area contributed by atoms with Gasteiger partial charge in [0.1, 0.15) is 17.2 Å². The first-order valence-electron chi connectivity index (χ1n) is 8.76. The second kappa shape index (κ2) is 6.69. The Morgan fingerprint density at radius 3 is 2.72 bits per heavy atom. The highest BCUT2D eigenvalue weighted by molar-refractivity contribution is 5.78. The van der Waals surface area contributed by atoms with E-state index in [4.69, 9.17) is 0 Å². The molecule has 29 heavy (non-hydrogen) atoms. The molecule has 1 atom stereocenters. The number of rotatable bonds is 3. The van der Waals surface area contributed by atoms with Crippen molar-refractivity contribution in [3.63, 3.8) is 0 Å². The summed E-state index contributed by atoms with van der Waals surface area (Å²) in [5.74, 6) is -0.798. The number of halogens is 3. The number of pyridine rings is 1. The van der Waals surface area contributed by atoms with Crippen molar-refractivity contribution in [2.75, 3.05) is 18.0 Å². The molecule has 1 aliphatic heterocycles. The van der Waals surface area contributed by atoms with Gasteiger partial charge in [0.15, 0.2) is 11.4 Å². The van der Waals surface area contributed by atoms with E-state index in [2.05, 4.69) is 15.0 Å². The van der Waals surface area contributed by atoms with Crippen molar-refractivity contribution in [3.8, 4) is 11.5 Å². The first-order valence-corrected chi connectivity index (χ1v) is 8.76. The number of aromatic nitrogens is 4. The van der Waals surface area contributed by atoms with Crippen molar-refractivity contribution >= 4 is 17.4 Å². The number of carbonyl (C=O) groups is 1. The summed E-state index contributed by atoms with van der Waals surface area (Å²) in [5.41, 5.74) is -2.14. The standard InChI is InChI=1S/C18H16F3N5O3/c19-18(20,21)11-2-3-13-23-8-12(26(13)9-11)15-22-6-4-14(24-15)25-7-1-5-17(29,10-25)16(27)28/h2-4,6,8-9,29H,1,5,7,10H2,(H,27,28). The van der Waals surface area contributed by atoms with Crippen LogP contribution in [0.15, 0.2) is 36.8 Å². The third-order valence-corrected chi connectivity index (χ3v) is 4.90. The highest BCUT2D eigenvalue weighted by Gasteiger charge is 2.41. The van der Waals surface area contributed by atoms with Gasteiger partial charge in [-0.05, 0) is 31.0 Å². The summed E-state index contributed by atoms with van der Waals surface area (Å²) in [4.78, 5) is 25.6. The maximum atomic E-state index is 13.1. The molecule has 3 aromatic rings. The van der Waals surface area contributed by atoms with Gasteiger partial charge in [0.2, 0.25) is 0 Å². The molecule has 4 rings (SSSR count). The molecule has 2 N–H and O–H groups in total. The number of aliphatic carboxylic acids is 1. The van der Waals surface area contributed by atoms with E-state index in [0.717, 1.165) is 12.3 Å². The molecule has 4 heterocycles. The van der Waals surface area contributed by atoms with Crippen LogP contribution in [0.5, 0.6) is 0 Å². The van der Waals surface area contributed by atoms with E-state index in [1.165, 1.54) is 22.9 Å². The van der Waals surface area contributed by atoms with Gasteiger partial charge in [0.25, 0.3) is 0 Å². The predicted octanol–water partition coefficient (Wildman–Crippen LogP) is 2.23. The van der Waals surface area contributed by atoms with Crippen molar-refractivity contribution < 1.29 is 28.2 Å². The van der Waals surface area contributed by atoms with Crippen molar-refractivity contribution in [2.24, 2.45) is 0 Å². The smallest absolute Gasteiger partial charge is 0.417 e. The molecule has 1 unspecified atom stereocenters. The second-order valence-electron chi connectivity index (χ2n) is 6.89. The van der Waals surface area contributed by atoms with Gasteiger partial charge in [0, 0.05) is 18.9 Å². The van der Waals surface area contributed by atoms with Gasteiger partial charge >= 0.3 is 12.1 Å². The molecule has 1 fully saturated rings. The summed E-state index contributed by atoms with van der Waals surface area (Å²) < 4.78 is 40.4. The number of piperidine rings is 1. The third kappa shape index (κ3) is 3.48. The summed E-state index contributed by atoms with van der Waals surface area (Å²) in [6, 6.07) is 3.76. The highest BCUT2D eigenvalue weighted by atomic mass is 19.4. The number of carboxylic acids is 1. The number of β-amino-alcohol motifs (C(OH)–C–C–N with tert-alkyl or cyclic N) is 1. The average Bonchev–Trinajstić information content (AvgIpc) is 3.11. The Labute approximate surface area is 162 Å². The lowest BCUT2D eigenvalue weighted by molar-refractivity contribution is -0.159. The van der Waals surface area contributed by atoms with Crippen LogP contribution >= 0.6 is 0 Å². The van der Waals surface area contributed by atoms with Crippen LogP contribution in [-0.4, -0.2) is 54.2 Å². The molecule has 0 aromatic carbocycles. The fourth-order valence-corrected chi connectivity index (χ4v) is 3.37. The Bertz CT molecular complexity index is 1080. The van der Waals surface area contributed by atoms with E-state index in [1.807, 2.05) is 0 Å². The minimum Gasteiger partial charge on any atom is -0.479 e. The SMILES string of the molecule is O=C(O)C1(O)CCCN(c2ccnc(-c3cnc4ccc(C(F)(F)F)cn34)n2)C1. The monoisotopic (exact) mass is 407 g/mol. The van der Waals surface area contributed by atoms with Crippen molar-refractivity contribution in [1.29, 1.82) is 0 Å². The van der Waals surface area contributed by atoms with Gasteiger partial charge in [-0.2, -0.15) is 13.2 Å². The lowest BCUT2D eigenvalue weighted by Crippen LogP contribution is -2.53. The van der Waals surface area contributed by atoms with E-state index >= 15 is 0 Å². The van der Waals surface area contributed by atoms with Crippen LogP contribution in [0, 0.1) is 0 Å². The lowest BCUT2D eigenvalue weighted by Gasteiger charge is -2.36. The van der Waals surface area contributed by atoms with Crippen LogP contribution in [0.2, 0.25) is 0 Å². The van der Waals surface area contributed by atoms with E-state index in [-0.39, 0.29) is 24.5 Å². The number of fused-ring (bicyclic) bond motifs is 1. The Morgan fingerprint density at radius 2 is 2.00 bits per heavy atom. The zero-order chi connectivity index (χ0) is 20.8. The molecule has 0 bridgehead atoms. The van der Waals surface area contributed by atoms with E-state index < -0.39 is 23.3 Å². The maximum absolute atomic E-state index is 13.1. The summed E-state index contributed by atoms with van der Waals surface area (Å²) in [6.45, 7) is 0.335. The molecule has 0 amide bonds. The number of hydrogen-bond acceptors (Lipinski definition) is 6. The minimum absolute atomic E-state index is 0.129. The Hall–Kier alpha value is -3.21. The number of imidazole rings is 1. The topological polar surface area (TPSA) is 104 Å². The van der Waals surface area contributed by atoms with Gasteiger partial charge in [-0.25, -0.2) is 19.7 Å². The first-order chi connectivity index (χ1) is 13.7. The molecule has 152 valence electrons. The van der Waals surface area contributed by atoms with Gasteiger partial charge in [-0.1, -0.05) is 0 Å². The van der Waals surface area contributed by atoms with E-state index in [1.54, 1.807) is 11.0 Å². The fourth-order valence-electron chi connectivity index (χ4n) is 3.37. The van der Waals surface area contributed by atoms with Gasteiger partial charge in [0.05, 0.1) is 18.3 Å². The van der Waals surface area contributed by atoms with E-state index in [9.17, 15) is 28.2 Å². The number of alkyl halides is 3. The molecule has 1 aliphatic rings. The van der Waals surface area contributed by atoms with Crippen molar-refractivity contribution in [2.45, 2.75) is 24.6 Å². The number of carboxylic acid groups (broad SMARTS) is 1. The van der Waals surface area contributed by atoms with Crippen LogP contribution < -0.4 is 4.90 Å². The Morgan fingerprint density at radius 1 is 1.21 bits per heavy atom. The molecule has 3 aromatic heterocycles. The van der Waals surface area contributed by atoms with Crippen LogP contribution in [0.4, 0.5) is 19.0 Å². The normalized spacial score (nSPS) is 20.2. The highest BCUT2D eigenvalue weighted by Crippen LogP contribution is 2.31. The fraction of sp³-hybridized carbons (Fsp3) is 0.333. The van der Waals surface area contributed by atoms with Gasteiger partial charge < -0.3 is 15.1 Å². The van der Waals surface area contributed by atoms with Crippen LogP contribution in [0.25, 0.3) is 17.2 Å². The largest absolute Gasteiger partial charge is 0.479 e. The number of hydrogen-bond donors (Lipinski definition) is 2. The zero-order valence-corrected chi connectivity index (χ0v) is 15.0. The molecular weight excluding hydrogens is 391 g/mol. The van der Waals surface area contributed by atoms with Crippen molar-refractivity contribution in [3.05, 3.63) is 42.4 Å². The number of anilines is 1. The van der Waals surface area contributed by atoms with Crippen LogP contribution in [-0.2, 0) is 11.0 Å². The quantitative estimate of drug-likeness (QED) is 0.686. The summed E-state index contributed by atoms with van der Waals surface area (Å²) >= 11 is 0. The lowest BCUT2D eigenvalue weighted by atomic mass is 9.93. The van der Waals surface area contributed by atoms with Gasteiger partial charge in [-0.15, -0.1) is 0 Å².